The fourth-order valence-electron chi connectivity index (χ4n) is 4.36. The summed E-state index contributed by atoms with van der Waals surface area (Å²) < 4.78 is 5.82. The van der Waals surface area contributed by atoms with Crippen molar-refractivity contribution >= 4 is 47.0 Å². The molecule has 0 radical (unpaired) electrons. The van der Waals surface area contributed by atoms with Gasteiger partial charge in [-0.25, -0.2) is 0 Å². The van der Waals surface area contributed by atoms with Gasteiger partial charge in [0.05, 0.1) is 42.1 Å². The minimum Gasteiger partial charge on any atom is -0.465 e. The van der Waals surface area contributed by atoms with Crippen LogP contribution in [0.3, 0.4) is 0 Å². The van der Waals surface area contributed by atoms with Gasteiger partial charge < -0.3 is 4.74 Å². The maximum Gasteiger partial charge on any atom is 0.143 e. The molecule has 0 saturated carbocycles. The molecular formula is C26H23N5O2. The molecule has 5 bridgehead atoms. The zero-order valence-corrected chi connectivity index (χ0v) is 18.5. The van der Waals surface area contributed by atoms with Crippen LogP contribution in [0.4, 0.5) is 5.69 Å². The van der Waals surface area contributed by atoms with Crippen LogP contribution < -0.4 is 4.74 Å². The fraction of sp³-hybridized carbons (Fsp3) is 0.269. The van der Waals surface area contributed by atoms with Gasteiger partial charge in [0.15, 0.2) is 0 Å². The third-order valence-corrected chi connectivity index (χ3v) is 6.19. The summed E-state index contributed by atoms with van der Waals surface area (Å²) in [7, 11) is 0. The van der Waals surface area contributed by atoms with Crippen LogP contribution in [0.1, 0.15) is 25.0 Å². The lowest BCUT2D eigenvalue weighted by atomic mass is 9.95. The molecule has 3 aliphatic rings. The SMILES string of the molecule is CC1C=COc2ccc3cc4c(C#N)c(c3c2)N=CC(=C4)N=CC2C=NCN2C[C@H](C)C1=O. The number of rotatable bonds is 0. The number of nitriles is 1. The lowest BCUT2D eigenvalue weighted by molar-refractivity contribution is -0.125. The Morgan fingerprint density at radius 3 is 2.91 bits per heavy atom. The van der Waals surface area contributed by atoms with Crippen molar-refractivity contribution < 1.29 is 9.53 Å². The molecule has 3 aliphatic heterocycles. The number of nitrogens with zero attached hydrogens (tertiary/aromatic N) is 5. The lowest BCUT2D eigenvalue weighted by Gasteiger charge is -2.24. The number of Topliss-reactive ketones (excluding diaryl/α,β-unsaturated/α-hetero) is 1. The van der Waals surface area contributed by atoms with Crippen LogP contribution in [-0.2, 0) is 4.79 Å². The van der Waals surface area contributed by atoms with Crippen molar-refractivity contribution in [1.29, 1.82) is 5.26 Å². The number of allylic oxidation sites excluding steroid dienone is 2. The first-order chi connectivity index (χ1) is 16.0. The molecule has 7 heteroatoms. The molecule has 0 spiro atoms. The Morgan fingerprint density at radius 2 is 2.06 bits per heavy atom. The van der Waals surface area contributed by atoms with Crippen LogP contribution >= 0.6 is 0 Å². The maximum absolute atomic E-state index is 12.9. The van der Waals surface area contributed by atoms with E-state index in [9.17, 15) is 10.1 Å². The third-order valence-electron chi connectivity index (χ3n) is 6.19. The lowest BCUT2D eigenvalue weighted by Crippen LogP contribution is -2.39. The van der Waals surface area contributed by atoms with Crippen LogP contribution in [0.25, 0.3) is 16.8 Å². The minimum atomic E-state index is -0.278. The number of fused-ring (bicyclic) bond motifs is 4. The second-order valence-corrected chi connectivity index (χ2v) is 8.56. The summed E-state index contributed by atoms with van der Waals surface area (Å²) in [6.07, 6.45) is 10.6. The normalized spacial score (nSPS) is 24.6. The van der Waals surface area contributed by atoms with Crippen molar-refractivity contribution in [3.8, 4) is 11.8 Å². The molecule has 2 aromatic rings. The van der Waals surface area contributed by atoms with E-state index in [4.69, 9.17) is 4.74 Å². The Bertz CT molecular complexity index is 1330. The van der Waals surface area contributed by atoms with Crippen molar-refractivity contribution in [2.45, 2.75) is 19.9 Å². The highest BCUT2D eigenvalue weighted by Gasteiger charge is 2.26. The van der Waals surface area contributed by atoms with E-state index in [-0.39, 0.29) is 23.7 Å². The predicted octanol–water partition coefficient (Wildman–Crippen LogP) is 4.30. The first kappa shape index (κ1) is 21.0. The molecule has 0 aromatic heterocycles. The van der Waals surface area contributed by atoms with Gasteiger partial charge in [-0.3, -0.25) is 24.7 Å². The highest BCUT2D eigenvalue weighted by molar-refractivity contribution is 6.04. The van der Waals surface area contributed by atoms with Crippen LogP contribution in [-0.4, -0.2) is 48.6 Å². The van der Waals surface area contributed by atoms with Crippen LogP contribution in [0.15, 0.2) is 57.3 Å². The molecule has 2 aromatic carbocycles. The van der Waals surface area contributed by atoms with Crippen molar-refractivity contribution in [3.05, 3.63) is 53.4 Å². The van der Waals surface area contributed by atoms with Gasteiger partial charge in [-0.15, -0.1) is 0 Å². The molecule has 0 N–H and O–H groups in total. The molecular weight excluding hydrogens is 414 g/mol. The van der Waals surface area contributed by atoms with Gasteiger partial charge in [0.2, 0.25) is 0 Å². The quantitative estimate of drug-likeness (QED) is 0.615. The van der Waals surface area contributed by atoms with E-state index in [1.807, 2.05) is 56.6 Å². The second-order valence-electron chi connectivity index (χ2n) is 8.56. The fourth-order valence-corrected chi connectivity index (χ4v) is 4.36. The molecule has 3 atom stereocenters. The summed E-state index contributed by atoms with van der Waals surface area (Å²) in [5.41, 5.74) is 2.53. The topological polar surface area (TPSA) is 90.4 Å². The number of aliphatic imine (C=N–C) groups is 3. The number of hydrogen-bond donors (Lipinski definition) is 0. The molecule has 2 unspecified atom stereocenters. The minimum absolute atomic E-state index is 0.106. The van der Waals surface area contributed by atoms with Gasteiger partial charge in [0.25, 0.3) is 0 Å². The van der Waals surface area contributed by atoms with Gasteiger partial charge in [0.1, 0.15) is 17.6 Å². The molecule has 5 rings (SSSR count). The van der Waals surface area contributed by atoms with Gasteiger partial charge >= 0.3 is 0 Å². The Morgan fingerprint density at radius 1 is 1.18 bits per heavy atom. The van der Waals surface area contributed by atoms with E-state index in [2.05, 4.69) is 25.9 Å². The van der Waals surface area contributed by atoms with Gasteiger partial charge in [0, 0.05) is 36.2 Å². The highest BCUT2D eigenvalue weighted by atomic mass is 16.5. The predicted molar refractivity (Wildman–Crippen MR) is 130 cm³/mol. The molecule has 3 heterocycles. The Balaban J connectivity index is 1.63. The van der Waals surface area contributed by atoms with Crippen molar-refractivity contribution in [3.63, 3.8) is 0 Å². The summed E-state index contributed by atoms with van der Waals surface area (Å²) in [5, 5.41) is 11.6. The Labute approximate surface area is 192 Å². The number of ketones is 1. The van der Waals surface area contributed by atoms with E-state index in [0.717, 1.165) is 16.3 Å². The number of ether oxygens (including phenoxy) is 1. The number of benzene rings is 2. The largest absolute Gasteiger partial charge is 0.465 e. The highest BCUT2D eigenvalue weighted by Crippen LogP contribution is 2.37. The molecule has 164 valence electrons. The maximum atomic E-state index is 12.9. The number of carbonyl (C=O) groups excluding carboxylic acids is 1. The first-order valence-corrected chi connectivity index (χ1v) is 11.0. The average molecular weight is 438 g/mol. The summed E-state index contributed by atoms with van der Waals surface area (Å²) in [6.45, 7) is 4.94. The summed E-state index contributed by atoms with van der Waals surface area (Å²) >= 11 is 0. The van der Waals surface area contributed by atoms with E-state index >= 15 is 0 Å². The van der Waals surface area contributed by atoms with E-state index in [0.29, 0.717) is 35.9 Å². The molecule has 7 nitrogen and oxygen atoms in total. The van der Waals surface area contributed by atoms with Crippen molar-refractivity contribution in [2.75, 3.05) is 13.2 Å². The molecule has 33 heavy (non-hydrogen) atoms. The van der Waals surface area contributed by atoms with E-state index in [1.165, 1.54) is 0 Å². The van der Waals surface area contributed by atoms with Crippen molar-refractivity contribution in [2.24, 2.45) is 26.8 Å². The monoisotopic (exact) mass is 437 g/mol. The smallest absolute Gasteiger partial charge is 0.143 e. The van der Waals surface area contributed by atoms with Crippen LogP contribution in [0, 0.1) is 23.2 Å². The van der Waals surface area contributed by atoms with E-state index < -0.39 is 0 Å². The molecule has 0 fully saturated rings. The number of carbonyl (C=O) groups is 1. The summed E-state index contributed by atoms with van der Waals surface area (Å²) in [4.78, 5) is 28.7. The van der Waals surface area contributed by atoms with Gasteiger partial charge in [-0.05, 0) is 41.3 Å². The van der Waals surface area contributed by atoms with Crippen molar-refractivity contribution in [1.82, 2.24) is 4.90 Å². The standard InChI is InChI=1S/C26H23N5O2/c1-16-5-6-33-22-4-3-18-7-19-8-20(11-30-25(23(18)9-22)24(19)10-27)29-13-21-12-28-15-31(21)14-17(2)26(16)32/h3-9,11-13,16-17,21H,14-15H2,1-2H3/t16?,17-,21?/m0/s1. The third kappa shape index (κ3) is 4.01. The zero-order valence-electron chi connectivity index (χ0n) is 18.5. The molecule has 0 aliphatic carbocycles. The average Bonchev–Trinajstić information content (AvgIpc) is 3.20. The number of hydrogen-bond acceptors (Lipinski definition) is 7. The zero-order chi connectivity index (χ0) is 22.9. The summed E-state index contributed by atoms with van der Waals surface area (Å²) in [5.74, 6) is 0.325. The van der Waals surface area contributed by atoms with Crippen LogP contribution in [0.5, 0.6) is 5.75 Å². The van der Waals surface area contributed by atoms with Gasteiger partial charge in [-0.1, -0.05) is 19.9 Å². The Kier molecular flexibility index (Phi) is 5.45. The second kappa shape index (κ2) is 8.57. The van der Waals surface area contributed by atoms with E-state index in [1.54, 1.807) is 18.6 Å². The molecule has 0 amide bonds. The molecule has 0 saturated heterocycles. The summed E-state index contributed by atoms with van der Waals surface area (Å²) in [6, 6.07) is 9.85. The van der Waals surface area contributed by atoms with Crippen LogP contribution in [0.2, 0.25) is 0 Å². The first-order valence-electron chi connectivity index (χ1n) is 11.0. The Hall–Kier alpha value is -3.89. The van der Waals surface area contributed by atoms with Gasteiger partial charge in [-0.2, -0.15) is 5.26 Å².